The van der Waals surface area contributed by atoms with E-state index in [2.05, 4.69) is 100 Å². The highest BCUT2D eigenvalue weighted by atomic mass is 28.3. The summed E-state index contributed by atoms with van der Waals surface area (Å²) in [6, 6.07) is 46.3. The molecule has 7 rings (SSSR count). The first-order valence-corrected chi connectivity index (χ1v) is 18.6. The van der Waals surface area contributed by atoms with Crippen molar-refractivity contribution in [3.8, 4) is 33.4 Å². The van der Waals surface area contributed by atoms with Crippen LogP contribution in [0.15, 0.2) is 168 Å². The molecule has 0 saturated carbocycles. The third-order valence-electron chi connectivity index (χ3n) is 10.5. The SMILES string of the molecule is CC1=C(C)C(C)C([Si](c2cccc(-c3ccc(F)cc3)c2)(c2cccc(-c3ccc(F)cc3)c2)c2cccc(-c3ccc(F)cc3)c2)=C1C. The summed E-state index contributed by atoms with van der Waals surface area (Å²) in [6.45, 7) is 9.06. The number of hydrogen-bond acceptors (Lipinski definition) is 0. The maximum atomic E-state index is 14.0. The van der Waals surface area contributed by atoms with Gasteiger partial charge >= 0.3 is 0 Å². The third kappa shape index (κ3) is 5.81. The number of allylic oxidation sites excluding steroid dienone is 4. The minimum Gasteiger partial charge on any atom is -0.207 e. The van der Waals surface area contributed by atoms with Gasteiger partial charge in [0.2, 0.25) is 0 Å². The molecule has 0 nitrogen and oxygen atoms in total. The average molecular weight is 663 g/mol. The highest BCUT2D eigenvalue weighted by Gasteiger charge is 2.48. The van der Waals surface area contributed by atoms with E-state index in [-0.39, 0.29) is 23.4 Å². The van der Waals surface area contributed by atoms with Crippen LogP contribution in [0.1, 0.15) is 27.7 Å². The van der Waals surface area contributed by atoms with Crippen LogP contribution in [-0.2, 0) is 0 Å². The molecule has 1 unspecified atom stereocenters. The van der Waals surface area contributed by atoms with Crippen LogP contribution in [0.3, 0.4) is 0 Å². The molecule has 0 amide bonds. The van der Waals surface area contributed by atoms with Gasteiger partial charge in [-0.25, -0.2) is 13.2 Å². The Labute approximate surface area is 287 Å². The lowest BCUT2D eigenvalue weighted by Crippen LogP contribution is -2.69. The van der Waals surface area contributed by atoms with Crippen molar-refractivity contribution >= 4 is 23.6 Å². The van der Waals surface area contributed by atoms with Crippen molar-refractivity contribution in [2.45, 2.75) is 27.7 Å². The van der Waals surface area contributed by atoms with Crippen LogP contribution >= 0.6 is 0 Å². The lowest BCUT2D eigenvalue weighted by Gasteiger charge is -2.39. The van der Waals surface area contributed by atoms with Gasteiger partial charge in [0.1, 0.15) is 17.5 Å². The molecule has 0 radical (unpaired) electrons. The van der Waals surface area contributed by atoms with Crippen LogP contribution in [0.2, 0.25) is 0 Å². The van der Waals surface area contributed by atoms with Crippen molar-refractivity contribution in [3.63, 3.8) is 0 Å². The Morgan fingerprint density at radius 1 is 0.408 bits per heavy atom. The molecule has 0 spiro atoms. The summed E-state index contributed by atoms with van der Waals surface area (Å²) in [5.74, 6) is -0.616. The monoisotopic (exact) mass is 662 g/mol. The van der Waals surface area contributed by atoms with Crippen molar-refractivity contribution in [2.24, 2.45) is 5.92 Å². The molecule has 49 heavy (non-hydrogen) atoms. The summed E-state index contributed by atoms with van der Waals surface area (Å²) >= 11 is 0. The Bertz CT molecular complexity index is 2010. The molecule has 6 aromatic rings. The van der Waals surface area contributed by atoms with Gasteiger partial charge in [0.05, 0.1) is 0 Å². The van der Waals surface area contributed by atoms with Gasteiger partial charge in [-0.15, -0.1) is 0 Å². The summed E-state index contributed by atoms with van der Waals surface area (Å²) in [4.78, 5) is 0. The van der Waals surface area contributed by atoms with Gasteiger partial charge in [0.15, 0.2) is 8.07 Å². The van der Waals surface area contributed by atoms with Gasteiger partial charge in [-0.3, -0.25) is 0 Å². The number of halogens is 3. The molecule has 0 aromatic heterocycles. The Morgan fingerprint density at radius 3 is 1.02 bits per heavy atom. The standard InChI is InChI=1S/C45H37F3Si/c1-29-30(2)32(4)45(31(29)3)49(42-11-5-8-36(26-42)33-14-20-39(46)21-15-33,43-12-6-9-37(27-43)34-16-22-40(47)23-17-34)44-13-7-10-38(28-44)35-18-24-41(48)25-19-35/h5-28,31H,1-4H3. The molecule has 1 aliphatic rings. The van der Waals surface area contributed by atoms with Crippen LogP contribution < -0.4 is 15.6 Å². The minimum atomic E-state index is -3.11. The predicted octanol–water partition coefficient (Wildman–Crippen LogP) is 10.4. The van der Waals surface area contributed by atoms with Gasteiger partial charge in [0, 0.05) is 0 Å². The van der Waals surface area contributed by atoms with Gasteiger partial charge in [-0.1, -0.05) is 132 Å². The van der Waals surface area contributed by atoms with Crippen LogP contribution in [-0.4, -0.2) is 8.07 Å². The summed E-state index contributed by atoms with van der Waals surface area (Å²) in [6.07, 6.45) is 0. The second-order valence-corrected chi connectivity index (χ2v) is 16.9. The van der Waals surface area contributed by atoms with Gasteiger partial charge in [-0.2, -0.15) is 0 Å². The van der Waals surface area contributed by atoms with Crippen LogP contribution in [0.25, 0.3) is 33.4 Å². The van der Waals surface area contributed by atoms with Crippen molar-refractivity contribution in [2.75, 3.05) is 0 Å². The first-order valence-electron chi connectivity index (χ1n) is 16.6. The molecule has 0 bridgehead atoms. The Hall–Kier alpha value is -5.19. The molecule has 1 aliphatic carbocycles. The zero-order valence-electron chi connectivity index (χ0n) is 28.1. The molecule has 242 valence electrons. The summed E-state index contributed by atoms with van der Waals surface area (Å²) in [5, 5.41) is 5.06. The molecule has 6 aromatic carbocycles. The lowest BCUT2D eigenvalue weighted by atomic mass is 10.0. The third-order valence-corrected chi connectivity index (χ3v) is 15.6. The predicted molar refractivity (Wildman–Crippen MR) is 200 cm³/mol. The summed E-state index contributed by atoms with van der Waals surface area (Å²) in [7, 11) is -3.11. The lowest BCUT2D eigenvalue weighted by molar-refractivity contribution is 0.627. The van der Waals surface area contributed by atoms with E-state index in [1.165, 1.54) is 73.9 Å². The second-order valence-electron chi connectivity index (χ2n) is 13.1. The first-order chi connectivity index (χ1) is 23.7. The van der Waals surface area contributed by atoms with E-state index < -0.39 is 8.07 Å². The molecule has 1 atom stereocenters. The van der Waals surface area contributed by atoms with E-state index in [9.17, 15) is 13.2 Å². The minimum absolute atomic E-state index is 0.185. The first kappa shape index (κ1) is 32.4. The molecular weight excluding hydrogens is 626 g/mol. The normalized spacial score (nSPS) is 14.9. The maximum Gasteiger partial charge on any atom is 0.176 e. The molecule has 0 N–H and O–H groups in total. The highest BCUT2D eigenvalue weighted by Crippen LogP contribution is 2.42. The smallest absolute Gasteiger partial charge is 0.176 e. The van der Waals surface area contributed by atoms with E-state index >= 15 is 0 Å². The Morgan fingerprint density at radius 2 is 0.735 bits per heavy atom. The van der Waals surface area contributed by atoms with Crippen molar-refractivity contribution in [3.05, 3.63) is 185 Å². The van der Waals surface area contributed by atoms with Crippen LogP contribution in [0.4, 0.5) is 13.2 Å². The van der Waals surface area contributed by atoms with E-state index in [0.29, 0.717) is 0 Å². The van der Waals surface area contributed by atoms with Gasteiger partial charge in [-0.05, 0) is 118 Å². The van der Waals surface area contributed by atoms with Crippen LogP contribution in [0, 0.1) is 23.4 Å². The van der Waals surface area contributed by atoms with Gasteiger partial charge < -0.3 is 0 Å². The Balaban J connectivity index is 1.58. The van der Waals surface area contributed by atoms with Gasteiger partial charge in [0.25, 0.3) is 0 Å². The summed E-state index contributed by atoms with van der Waals surface area (Å²) < 4.78 is 42.1. The van der Waals surface area contributed by atoms with Crippen LogP contribution in [0.5, 0.6) is 0 Å². The fraction of sp³-hybridized carbons (Fsp3) is 0.111. The molecule has 0 saturated heterocycles. The highest BCUT2D eigenvalue weighted by molar-refractivity contribution is 7.16. The van der Waals surface area contributed by atoms with E-state index in [4.69, 9.17) is 0 Å². The van der Waals surface area contributed by atoms with E-state index in [0.717, 1.165) is 33.4 Å². The number of benzene rings is 6. The molecule has 4 heteroatoms. The van der Waals surface area contributed by atoms with Crippen molar-refractivity contribution in [1.29, 1.82) is 0 Å². The number of hydrogen-bond donors (Lipinski definition) is 0. The topological polar surface area (TPSA) is 0 Å². The molecular formula is C45H37F3Si. The fourth-order valence-corrected chi connectivity index (χ4v) is 13.4. The quantitative estimate of drug-likeness (QED) is 0.118. The number of rotatable bonds is 7. The second kappa shape index (κ2) is 13.0. The molecule has 0 aliphatic heterocycles. The van der Waals surface area contributed by atoms with Crippen molar-refractivity contribution < 1.29 is 13.2 Å². The molecule has 0 heterocycles. The largest absolute Gasteiger partial charge is 0.207 e. The average Bonchev–Trinajstić information content (AvgIpc) is 3.32. The van der Waals surface area contributed by atoms with Crippen molar-refractivity contribution in [1.82, 2.24) is 0 Å². The molecule has 0 fully saturated rings. The fourth-order valence-electron chi connectivity index (χ4n) is 7.66. The summed E-state index contributed by atoms with van der Waals surface area (Å²) in [5.41, 5.74) is 9.88. The van der Waals surface area contributed by atoms with E-state index in [1.807, 2.05) is 36.4 Å². The maximum absolute atomic E-state index is 14.0. The Kier molecular flexibility index (Phi) is 8.60. The van der Waals surface area contributed by atoms with E-state index in [1.54, 1.807) is 0 Å². The zero-order chi connectivity index (χ0) is 34.3. The zero-order valence-corrected chi connectivity index (χ0v) is 29.1.